The van der Waals surface area contributed by atoms with Gasteiger partial charge in [0.15, 0.2) is 19.7 Å². The zero-order valence-electron chi connectivity index (χ0n) is 23.1. The highest BCUT2D eigenvalue weighted by Crippen LogP contribution is 2.28. The molecule has 218 valence electrons. The molecule has 0 bridgehead atoms. The summed E-state index contributed by atoms with van der Waals surface area (Å²) in [7, 11) is -6.56. The number of benzene rings is 1. The summed E-state index contributed by atoms with van der Waals surface area (Å²) in [6.45, 7) is 3.17. The number of nitrogens with one attached hydrogen (secondary N) is 2. The molecule has 0 spiro atoms. The maximum absolute atomic E-state index is 12.8. The number of carbonyl (C=O) groups excluding carboxylic acids is 1. The number of anilines is 1. The normalized spacial score (nSPS) is 19.9. The monoisotopic (exact) mass is 606 g/mol. The van der Waals surface area contributed by atoms with Gasteiger partial charge in [0.2, 0.25) is 0 Å². The Morgan fingerprint density at radius 3 is 2.69 bits per heavy atom. The van der Waals surface area contributed by atoms with Crippen LogP contribution in [-0.4, -0.2) is 80.6 Å². The Balaban J connectivity index is 1.21. The van der Waals surface area contributed by atoms with Gasteiger partial charge in [-0.25, -0.2) is 26.8 Å². The Kier molecular flexibility index (Phi) is 7.19. The van der Waals surface area contributed by atoms with E-state index in [1.54, 1.807) is 31.3 Å². The topological polar surface area (TPSA) is 151 Å². The van der Waals surface area contributed by atoms with Gasteiger partial charge in [-0.05, 0) is 55.0 Å². The predicted octanol–water partition coefficient (Wildman–Crippen LogP) is 1.91. The van der Waals surface area contributed by atoms with Crippen molar-refractivity contribution in [2.75, 3.05) is 35.8 Å². The minimum absolute atomic E-state index is 0.104. The first-order valence-electron chi connectivity index (χ1n) is 13.5. The van der Waals surface area contributed by atoms with E-state index in [9.17, 15) is 21.6 Å². The third kappa shape index (κ3) is 5.72. The molecule has 2 atom stereocenters. The second-order valence-electron chi connectivity index (χ2n) is 10.8. The first-order chi connectivity index (χ1) is 20.0. The van der Waals surface area contributed by atoms with Crippen molar-refractivity contribution >= 4 is 42.3 Å². The van der Waals surface area contributed by atoms with Crippen molar-refractivity contribution in [2.45, 2.75) is 30.4 Å². The molecule has 11 nitrogen and oxygen atoms in total. The molecule has 2 N–H and O–H groups in total. The molecule has 0 saturated carbocycles. The second kappa shape index (κ2) is 10.7. The van der Waals surface area contributed by atoms with Crippen LogP contribution in [0.25, 0.3) is 22.3 Å². The summed E-state index contributed by atoms with van der Waals surface area (Å²) in [6.07, 6.45) is 2.80. The number of aromatic nitrogens is 3. The highest BCUT2D eigenvalue weighted by molar-refractivity contribution is 7.91. The molecule has 0 unspecified atom stereocenters. The van der Waals surface area contributed by atoms with Crippen LogP contribution in [0.15, 0.2) is 65.7 Å². The summed E-state index contributed by atoms with van der Waals surface area (Å²) in [5, 5.41) is 6.95. The zero-order chi connectivity index (χ0) is 29.6. The van der Waals surface area contributed by atoms with Gasteiger partial charge in [0, 0.05) is 42.5 Å². The summed E-state index contributed by atoms with van der Waals surface area (Å²) in [5.41, 5.74) is 3.42. The van der Waals surface area contributed by atoms with Gasteiger partial charge < -0.3 is 15.5 Å². The molecule has 2 fully saturated rings. The molecule has 2 aliphatic rings. The molecule has 2 saturated heterocycles. The number of fused-ring (bicyclic) bond motifs is 2. The number of hydrogen-bond donors (Lipinski definition) is 2. The number of rotatable bonds is 6. The van der Waals surface area contributed by atoms with Crippen LogP contribution in [0.2, 0.25) is 0 Å². The summed E-state index contributed by atoms with van der Waals surface area (Å²) in [5.74, 6) is 0.565. The molecule has 13 heteroatoms. The standard InChI is InChI=1S/C29H30N6O5S2/c1-18-6-7-19(12-27(18)41(2,37)38)29(36)32-15-21-13-24-20(14-31-21)8-9-23(33-24)22-4-3-5-28(34-22)35-11-10-30-25-16-42(39,40)17-26(25)35/h3-9,12-14,25-26,30H,10-11,15-17H2,1-2H3,(H,32,36)/t25-,26+/m0/s1. The van der Waals surface area contributed by atoms with E-state index in [4.69, 9.17) is 9.97 Å². The molecule has 5 heterocycles. The van der Waals surface area contributed by atoms with Gasteiger partial charge in [0.1, 0.15) is 5.82 Å². The van der Waals surface area contributed by atoms with E-state index in [1.165, 1.54) is 6.07 Å². The molecular weight excluding hydrogens is 576 g/mol. The average Bonchev–Trinajstić information content (AvgIpc) is 3.29. The van der Waals surface area contributed by atoms with Crippen molar-refractivity contribution in [2.24, 2.45) is 0 Å². The largest absolute Gasteiger partial charge is 0.350 e. The second-order valence-corrected chi connectivity index (χ2v) is 14.9. The van der Waals surface area contributed by atoms with E-state index in [0.717, 1.165) is 17.5 Å². The fourth-order valence-corrected chi connectivity index (χ4v) is 8.54. The highest BCUT2D eigenvalue weighted by Gasteiger charge is 2.43. The van der Waals surface area contributed by atoms with E-state index in [1.807, 2.05) is 30.3 Å². The summed E-state index contributed by atoms with van der Waals surface area (Å²) in [6, 6.07) is 15.6. The molecule has 4 aromatic rings. The maximum Gasteiger partial charge on any atom is 0.251 e. The van der Waals surface area contributed by atoms with E-state index in [0.29, 0.717) is 41.3 Å². The van der Waals surface area contributed by atoms with Crippen LogP contribution in [0.3, 0.4) is 0 Å². The van der Waals surface area contributed by atoms with Crippen molar-refractivity contribution in [3.05, 3.63) is 77.6 Å². The number of nitrogens with zero attached hydrogens (tertiary/aromatic N) is 4. The van der Waals surface area contributed by atoms with Crippen molar-refractivity contribution in [1.82, 2.24) is 25.6 Å². The van der Waals surface area contributed by atoms with Gasteiger partial charge in [-0.15, -0.1) is 0 Å². The van der Waals surface area contributed by atoms with Crippen LogP contribution < -0.4 is 15.5 Å². The van der Waals surface area contributed by atoms with Crippen LogP contribution in [0.5, 0.6) is 0 Å². The lowest BCUT2D eigenvalue weighted by Gasteiger charge is -2.38. The number of hydrogen-bond acceptors (Lipinski definition) is 10. The molecule has 1 aromatic carbocycles. The third-order valence-corrected chi connectivity index (χ3v) is 10.6. The average molecular weight is 607 g/mol. The van der Waals surface area contributed by atoms with Gasteiger partial charge in [-0.2, -0.15) is 0 Å². The number of piperazine rings is 1. The smallest absolute Gasteiger partial charge is 0.251 e. The molecule has 0 radical (unpaired) electrons. The molecule has 0 aliphatic carbocycles. The summed E-state index contributed by atoms with van der Waals surface area (Å²) >= 11 is 0. The Bertz CT molecular complexity index is 1930. The van der Waals surface area contributed by atoms with Crippen molar-refractivity contribution in [3.8, 4) is 11.4 Å². The maximum atomic E-state index is 12.8. The molecule has 42 heavy (non-hydrogen) atoms. The fourth-order valence-electron chi connectivity index (χ4n) is 5.59. The zero-order valence-corrected chi connectivity index (χ0v) is 24.7. The van der Waals surface area contributed by atoms with E-state index >= 15 is 0 Å². The molecule has 6 rings (SSSR count). The number of amides is 1. The number of aryl methyl sites for hydroxylation is 1. The fraction of sp³-hybridized carbons (Fsp3) is 0.310. The lowest BCUT2D eigenvalue weighted by Crippen LogP contribution is -2.57. The van der Waals surface area contributed by atoms with Gasteiger partial charge in [0.05, 0.1) is 51.6 Å². The van der Waals surface area contributed by atoms with Crippen molar-refractivity contribution in [1.29, 1.82) is 0 Å². The molecule has 1 amide bonds. The van der Waals surface area contributed by atoms with Crippen LogP contribution in [0.4, 0.5) is 5.82 Å². The van der Waals surface area contributed by atoms with Crippen LogP contribution in [-0.2, 0) is 26.2 Å². The molecular formula is C29H30N6O5S2. The third-order valence-electron chi connectivity index (χ3n) is 7.68. The Labute approximate surface area is 244 Å². The van der Waals surface area contributed by atoms with Gasteiger partial charge in [-0.3, -0.25) is 9.78 Å². The quantitative estimate of drug-likeness (QED) is 0.333. The SMILES string of the molecule is Cc1ccc(C(=O)NCc2cc3nc(-c4cccc(N5CCN[C@H]6CS(=O)(=O)C[C@H]65)n4)ccc3cn2)cc1S(C)(=O)=O. The van der Waals surface area contributed by atoms with Crippen molar-refractivity contribution < 1.29 is 21.6 Å². The van der Waals surface area contributed by atoms with E-state index in [2.05, 4.69) is 20.5 Å². The Morgan fingerprint density at radius 1 is 1.07 bits per heavy atom. The van der Waals surface area contributed by atoms with Gasteiger partial charge in [0.25, 0.3) is 5.91 Å². The van der Waals surface area contributed by atoms with Crippen LogP contribution >= 0.6 is 0 Å². The minimum Gasteiger partial charge on any atom is -0.350 e. The first-order valence-corrected chi connectivity index (χ1v) is 17.2. The molecule has 3 aromatic heterocycles. The highest BCUT2D eigenvalue weighted by atomic mass is 32.2. The summed E-state index contributed by atoms with van der Waals surface area (Å²) in [4.78, 5) is 29.1. The van der Waals surface area contributed by atoms with Crippen molar-refractivity contribution in [3.63, 3.8) is 0 Å². The lowest BCUT2D eigenvalue weighted by molar-refractivity contribution is 0.0950. The van der Waals surface area contributed by atoms with E-state index < -0.39 is 25.6 Å². The first kappa shape index (κ1) is 28.2. The predicted molar refractivity (Wildman–Crippen MR) is 160 cm³/mol. The number of sulfone groups is 2. The number of carbonyl (C=O) groups is 1. The van der Waals surface area contributed by atoms with Crippen LogP contribution in [0.1, 0.15) is 21.6 Å². The number of pyridine rings is 3. The Hall–Kier alpha value is -3.94. The Morgan fingerprint density at radius 2 is 1.88 bits per heavy atom. The summed E-state index contributed by atoms with van der Waals surface area (Å²) < 4.78 is 48.7. The lowest BCUT2D eigenvalue weighted by atomic mass is 10.1. The van der Waals surface area contributed by atoms with Gasteiger partial charge in [-0.1, -0.05) is 12.1 Å². The molecule has 2 aliphatic heterocycles. The van der Waals surface area contributed by atoms with Crippen LogP contribution in [0, 0.1) is 6.92 Å². The minimum atomic E-state index is -3.46. The van der Waals surface area contributed by atoms with Gasteiger partial charge >= 0.3 is 0 Å². The van der Waals surface area contributed by atoms with E-state index in [-0.39, 0.29) is 40.6 Å².